The Morgan fingerprint density at radius 2 is 2.17 bits per heavy atom. The van der Waals surface area contributed by atoms with E-state index in [9.17, 15) is 9.59 Å². The summed E-state index contributed by atoms with van der Waals surface area (Å²) in [6.07, 6.45) is 1.59. The van der Waals surface area contributed by atoms with E-state index < -0.39 is 5.97 Å². The number of carbonyl (C=O) groups is 2. The molecular formula is C17H21BrN2O4. The first-order chi connectivity index (χ1) is 11.5. The van der Waals surface area contributed by atoms with Gasteiger partial charge >= 0.3 is 5.97 Å². The van der Waals surface area contributed by atoms with Gasteiger partial charge in [-0.05, 0) is 37.6 Å². The number of halogens is 1. The maximum absolute atomic E-state index is 12.5. The summed E-state index contributed by atoms with van der Waals surface area (Å²) >= 11 is 3.43. The van der Waals surface area contributed by atoms with Crippen LogP contribution < -0.4 is 10.1 Å². The Kier molecular flexibility index (Phi) is 5.10. The quantitative estimate of drug-likeness (QED) is 0.768. The third-order valence-electron chi connectivity index (χ3n) is 4.79. The van der Waals surface area contributed by atoms with Crippen LogP contribution in [-0.2, 0) is 9.59 Å². The van der Waals surface area contributed by atoms with E-state index in [4.69, 9.17) is 9.84 Å². The molecular weight excluding hydrogens is 376 g/mol. The summed E-state index contributed by atoms with van der Waals surface area (Å²) in [5.74, 6) is -0.340. The van der Waals surface area contributed by atoms with Crippen LogP contribution >= 0.6 is 15.9 Å². The van der Waals surface area contributed by atoms with E-state index in [0.717, 1.165) is 28.6 Å². The van der Waals surface area contributed by atoms with Crippen molar-refractivity contribution in [3.8, 4) is 5.75 Å². The van der Waals surface area contributed by atoms with Crippen LogP contribution in [0.1, 0.15) is 31.2 Å². The minimum absolute atomic E-state index is 0.0171. The van der Waals surface area contributed by atoms with Crippen molar-refractivity contribution in [2.45, 2.75) is 37.8 Å². The van der Waals surface area contributed by atoms with Crippen molar-refractivity contribution in [2.24, 2.45) is 0 Å². The van der Waals surface area contributed by atoms with Gasteiger partial charge < -0.3 is 15.2 Å². The summed E-state index contributed by atoms with van der Waals surface area (Å²) in [5, 5.41) is 12.0. The van der Waals surface area contributed by atoms with Gasteiger partial charge in [0, 0.05) is 22.1 Å². The Labute approximate surface area is 149 Å². The molecule has 1 aromatic carbocycles. The standard InChI is InChI=1S/C17H21BrN2O4/c1-2-20(8-16(21)22)12-6-11(7-12)19-17(23)14-9-24-15-4-3-10(18)5-13(14)15/h3-5,11-12,14H,2,6-9H2,1H3,(H,19,23)(H,21,22). The zero-order chi connectivity index (χ0) is 17.3. The molecule has 130 valence electrons. The van der Waals surface area contributed by atoms with Crippen molar-refractivity contribution in [3.63, 3.8) is 0 Å². The van der Waals surface area contributed by atoms with E-state index in [1.54, 1.807) is 0 Å². The minimum atomic E-state index is -0.811. The predicted molar refractivity (Wildman–Crippen MR) is 92.2 cm³/mol. The summed E-state index contributed by atoms with van der Waals surface area (Å²) in [6, 6.07) is 6.05. The largest absolute Gasteiger partial charge is 0.492 e. The second-order valence-electron chi connectivity index (χ2n) is 6.33. The number of hydrogen-bond acceptors (Lipinski definition) is 4. The van der Waals surface area contributed by atoms with E-state index in [0.29, 0.717) is 13.2 Å². The molecule has 0 radical (unpaired) electrons. The molecule has 1 atom stereocenters. The van der Waals surface area contributed by atoms with Gasteiger partial charge in [0.25, 0.3) is 0 Å². The van der Waals surface area contributed by atoms with Gasteiger partial charge in [-0.2, -0.15) is 0 Å². The highest BCUT2D eigenvalue weighted by Gasteiger charge is 2.37. The topological polar surface area (TPSA) is 78.9 Å². The van der Waals surface area contributed by atoms with E-state index >= 15 is 0 Å². The van der Waals surface area contributed by atoms with Crippen LogP contribution in [-0.4, -0.2) is 53.7 Å². The monoisotopic (exact) mass is 396 g/mol. The number of likely N-dealkylation sites (N-methyl/N-ethyl adjacent to an activating group) is 1. The SMILES string of the molecule is CCN(CC(=O)O)C1CC(NC(=O)C2COc3ccc(Br)cc32)C1. The van der Waals surface area contributed by atoms with Gasteiger partial charge in [-0.25, -0.2) is 0 Å². The molecule has 1 saturated carbocycles. The lowest BCUT2D eigenvalue weighted by molar-refractivity contribution is -0.139. The number of hydrogen-bond donors (Lipinski definition) is 2. The molecule has 6 nitrogen and oxygen atoms in total. The van der Waals surface area contributed by atoms with Crippen LogP contribution in [0.4, 0.5) is 0 Å². The normalized spacial score (nSPS) is 24.9. The van der Waals surface area contributed by atoms with Crippen molar-refractivity contribution in [2.75, 3.05) is 19.7 Å². The summed E-state index contributed by atoms with van der Waals surface area (Å²) < 4.78 is 6.52. The van der Waals surface area contributed by atoms with Crippen LogP contribution in [0.2, 0.25) is 0 Å². The maximum atomic E-state index is 12.5. The number of nitrogens with one attached hydrogen (secondary N) is 1. The first-order valence-electron chi connectivity index (χ1n) is 8.16. The number of carbonyl (C=O) groups excluding carboxylic acids is 1. The number of rotatable bonds is 6. The Morgan fingerprint density at radius 3 is 2.83 bits per heavy atom. The lowest BCUT2D eigenvalue weighted by Crippen LogP contribution is -2.55. The van der Waals surface area contributed by atoms with E-state index in [2.05, 4.69) is 21.2 Å². The van der Waals surface area contributed by atoms with Gasteiger partial charge in [0.2, 0.25) is 5.91 Å². The number of benzene rings is 1. The third kappa shape index (κ3) is 3.57. The van der Waals surface area contributed by atoms with Crippen LogP contribution in [0.15, 0.2) is 22.7 Å². The molecule has 0 saturated heterocycles. The molecule has 2 N–H and O–H groups in total. The fraction of sp³-hybridized carbons (Fsp3) is 0.529. The molecule has 0 aromatic heterocycles. The maximum Gasteiger partial charge on any atom is 0.317 e. The van der Waals surface area contributed by atoms with Gasteiger partial charge in [0.1, 0.15) is 18.3 Å². The smallest absolute Gasteiger partial charge is 0.317 e. The number of aliphatic carboxylic acids is 1. The fourth-order valence-corrected chi connectivity index (χ4v) is 3.76. The Morgan fingerprint density at radius 1 is 1.42 bits per heavy atom. The average molecular weight is 397 g/mol. The van der Waals surface area contributed by atoms with Crippen LogP contribution in [0.25, 0.3) is 0 Å². The highest BCUT2D eigenvalue weighted by atomic mass is 79.9. The highest BCUT2D eigenvalue weighted by Crippen LogP contribution is 2.36. The zero-order valence-corrected chi connectivity index (χ0v) is 15.1. The average Bonchev–Trinajstić information content (AvgIpc) is 2.91. The molecule has 0 spiro atoms. The van der Waals surface area contributed by atoms with Gasteiger partial charge in [-0.15, -0.1) is 0 Å². The van der Waals surface area contributed by atoms with Gasteiger partial charge in [0.15, 0.2) is 0 Å². The van der Waals surface area contributed by atoms with E-state index in [1.807, 2.05) is 30.0 Å². The van der Waals surface area contributed by atoms with Crippen molar-refractivity contribution < 1.29 is 19.4 Å². The molecule has 24 heavy (non-hydrogen) atoms. The Bertz CT molecular complexity index is 645. The van der Waals surface area contributed by atoms with Crippen molar-refractivity contribution in [1.29, 1.82) is 0 Å². The highest BCUT2D eigenvalue weighted by molar-refractivity contribution is 9.10. The Balaban J connectivity index is 1.53. The van der Waals surface area contributed by atoms with Crippen molar-refractivity contribution >= 4 is 27.8 Å². The summed E-state index contributed by atoms with van der Waals surface area (Å²) in [6.45, 7) is 3.09. The van der Waals surface area contributed by atoms with Crippen molar-refractivity contribution in [1.82, 2.24) is 10.2 Å². The molecule has 7 heteroatoms. The number of fused-ring (bicyclic) bond motifs is 1. The molecule has 1 aliphatic heterocycles. The van der Waals surface area contributed by atoms with Gasteiger partial charge in [-0.3, -0.25) is 14.5 Å². The first-order valence-corrected chi connectivity index (χ1v) is 8.95. The van der Waals surface area contributed by atoms with E-state index in [1.165, 1.54) is 0 Å². The lowest BCUT2D eigenvalue weighted by Gasteiger charge is -2.42. The molecule has 1 unspecified atom stereocenters. The second-order valence-corrected chi connectivity index (χ2v) is 7.25. The number of carboxylic acids is 1. The number of nitrogens with zero attached hydrogens (tertiary/aromatic N) is 1. The number of carboxylic acid groups (broad SMARTS) is 1. The van der Waals surface area contributed by atoms with Crippen molar-refractivity contribution in [3.05, 3.63) is 28.2 Å². The molecule has 2 aliphatic rings. The predicted octanol–water partition coefficient (Wildman–Crippen LogP) is 1.98. The van der Waals surface area contributed by atoms with Crippen LogP contribution in [0, 0.1) is 0 Å². The summed E-state index contributed by atoms with van der Waals surface area (Å²) in [5.41, 5.74) is 0.916. The molecule has 1 fully saturated rings. The third-order valence-corrected chi connectivity index (χ3v) is 5.28. The minimum Gasteiger partial charge on any atom is -0.492 e. The van der Waals surface area contributed by atoms with Gasteiger partial charge in [-0.1, -0.05) is 22.9 Å². The van der Waals surface area contributed by atoms with Crippen LogP contribution in [0.3, 0.4) is 0 Å². The molecule has 1 aliphatic carbocycles. The zero-order valence-electron chi connectivity index (χ0n) is 13.5. The van der Waals surface area contributed by atoms with Crippen LogP contribution in [0.5, 0.6) is 5.75 Å². The Hall–Kier alpha value is -1.60. The molecule has 0 bridgehead atoms. The number of ether oxygens (including phenoxy) is 1. The second kappa shape index (κ2) is 7.11. The molecule has 3 rings (SSSR count). The lowest BCUT2D eigenvalue weighted by atomic mass is 9.84. The van der Waals surface area contributed by atoms with E-state index in [-0.39, 0.29) is 30.5 Å². The first kappa shape index (κ1) is 17.2. The molecule has 1 amide bonds. The van der Waals surface area contributed by atoms with Gasteiger partial charge in [0.05, 0.1) is 6.54 Å². The fourth-order valence-electron chi connectivity index (χ4n) is 3.38. The molecule has 1 heterocycles. The molecule has 1 aromatic rings. The summed E-state index contributed by atoms with van der Waals surface area (Å²) in [4.78, 5) is 25.3. The number of amides is 1. The summed E-state index contributed by atoms with van der Waals surface area (Å²) in [7, 11) is 0.